The number of carbonyl (C=O) groups excluding carboxylic acids is 2. The van der Waals surface area contributed by atoms with Crippen molar-refractivity contribution in [3.63, 3.8) is 0 Å². The Bertz CT molecular complexity index is 539. The lowest BCUT2D eigenvalue weighted by Crippen LogP contribution is -2.43. The van der Waals surface area contributed by atoms with Gasteiger partial charge in [0.1, 0.15) is 5.75 Å². The Morgan fingerprint density at radius 2 is 2.04 bits per heavy atom. The molecule has 5 heteroatoms. The van der Waals surface area contributed by atoms with Crippen molar-refractivity contribution in [2.24, 2.45) is 0 Å². The normalized spacial score (nSPS) is 14.5. The van der Waals surface area contributed by atoms with Crippen LogP contribution in [0.25, 0.3) is 0 Å². The quantitative estimate of drug-likeness (QED) is 0.838. The second-order valence-corrected chi connectivity index (χ2v) is 6.09. The van der Waals surface area contributed by atoms with E-state index in [0.717, 1.165) is 24.2 Å². The lowest BCUT2D eigenvalue weighted by atomic mass is 10.1. The Morgan fingerprint density at radius 3 is 2.70 bits per heavy atom. The van der Waals surface area contributed by atoms with E-state index in [-0.39, 0.29) is 24.4 Å². The number of hydrogen-bond acceptors (Lipinski definition) is 3. The molecule has 1 saturated carbocycles. The molecule has 0 spiro atoms. The summed E-state index contributed by atoms with van der Waals surface area (Å²) in [6.07, 6.45) is 5.16. The lowest BCUT2D eigenvalue weighted by molar-refractivity contribution is -0.134. The maximum atomic E-state index is 12.1. The molecule has 0 saturated heterocycles. The minimum Gasteiger partial charge on any atom is -0.497 e. The van der Waals surface area contributed by atoms with E-state index >= 15 is 0 Å². The third kappa shape index (κ3) is 5.58. The van der Waals surface area contributed by atoms with E-state index in [1.54, 1.807) is 12.0 Å². The van der Waals surface area contributed by atoms with Crippen molar-refractivity contribution >= 4 is 11.8 Å². The first-order valence-electron chi connectivity index (χ1n) is 8.26. The van der Waals surface area contributed by atoms with Crippen LogP contribution in [0.5, 0.6) is 5.75 Å². The first-order valence-corrected chi connectivity index (χ1v) is 8.26. The summed E-state index contributed by atoms with van der Waals surface area (Å²) in [6, 6.07) is 8.06. The third-order valence-corrected chi connectivity index (χ3v) is 4.30. The molecule has 0 heterocycles. The summed E-state index contributed by atoms with van der Waals surface area (Å²) in [4.78, 5) is 25.5. The molecule has 5 nitrogen and oxygen atoms in total. The number of ether oxygens (including phenoxy) is 1. The fourth-order valence-electron chi connectivity index (χ4n) is 2.96. The van der Waals surface area contributed by atoms with Gasteiger partial charge in [-0.2, -0.15) is 0 Å². The van der Waals surface area contributed by atoms with Gasteiger partial charge in [0.15, 0.2) is 0 Å². The molecule has 0 unspecified atom stereocenters. The molecule has 0 aliphatic heterocycles. The molecule has 126 valence electrons. The van der Waals surface area contributed by atoms with Crippen LogP contribution in [0.2, 0.25) is 0 Å². The van der Waals surface area contributed by atoms with Crippen LogP contribution >= 0.6 is 0 Å². The molecular formula is C18H26N2O3. The first-order chi connectivity index (χ1) is 11.1. The molecule has 1 N–H and O–H groups in total. The van der Waals surface area contributed by atoms with Gasteiger partial charge in [-0.15, -0.1) is 0 Å². The SMILES string of the molecule is COc1cccc(CCN(CC(=O)NC2CCCC2)C(C)=O)c1. The second kappa shape index (κ2) is 8.56. The van der Waals surface area contributed by atoms with Crippen LogP contribution in [-0.2, 0) is 16.0 Å². The molecule has 0 bridgehead atoms. The molecule has 2 amide bonds. The van der Waals surface area contributed by atoms with Crippen LogP contribution in [0, 0.1) is 0 Å². The smallest absolute Gasteiger partial charge is 0.239 e. The van der Waals surface area contributed by atoms with E-state index in [0.29, 0.717) is 13.0 Å². The van der Waals surface area contributed by atoms with Crippen molar-refractivity contribution in [1.29, 1.82) is 0 Å². The topological polar surface area (TPSA) is 58.6 Å². The molecule has 2 rings (SSSR count). The Hall–Kier alpha value is -2.04. The van der Waals surface area contributed by atoms with Crippen molar-refractivity contribution in [3.8, 4) is 5.75 Å². The van der Waals surface area contributed by atoms with Crippen LogP contribution in [0.15, 0.2) is 24.3 Å². The van der Waals surface area contributed by atoms with Gasteiger partial charge in [-0.3, -0.25) is 9.59 Å². The molecule has 1 aliphatic rings. The summed E-state index contributed by atoms with van der Waals surface area (Å²) in [5.74, 6) is 0.670. The summed E-state index contributed by atoms with van der Waals surface area (Å²) in [5.41, 5.74) is 1.09. The zero-order valence-electron chi connectivity index (χ0n) is 14.0. The van der Waals surface area contributed by atoms with E-state index in [2.05, 4.69) is 5.32 Å². The number of rotatable bonds is 7. The molecule has 23 heavy (non-hydrogen) atoms. The second-order valence-electron chi connectivity index (χ2n) is 6.09. The van der Waals surface area contributed by atoms with Gasteiger partial charge in [0.25, 0.3) is 0 Å². The Morgan fingerprint density at radius 1 is 1.30 bits per heavy atom. The van der Waals surface area contributed by atoms with Gasteiger partial charge in [0.05, 0.1) is 13.7 Å². The summed E-state index contributed by atoms with van der Waals surface area (Å²) in [7, 11) is 1.63. The van der Waals surface area contributed by atoms with E-state index in [9.17, 15) is 9.59 Å². The van der Waals surface area contributed by atoms with Gasteiger partial charge in [-0.05, 0) is 37.0 Å². The van der Waals surface area contributed by atoms with E-state index in [4.69, 9.17) is 4.74 Å². The van der Waals surface area contributed by atoms with Gasteiger partial charge < -0.3 is 15.0 Å². The van der Waals surface area contributed by atoms with Crippen molar-refractivity contribution in [1.82, 2.24) is 10.2 Å². The fraction of sp³-hybridized carbons (Fsp3) is 0.556. The Balaban J connectivity index is 1.85. The van der Waals surface area contributed by atoms with Gasteiger partial charge in [0, 0.05) is 19.5 Å². The summed E-state index contributed by atoms with van der Waals surface area (Å²) in [6.45, 7) is 2.17. The number of carbonyl (C=O) groups is 2. The Labute approximate surface area is 138 Å². The summed E-state index contributed by atoms with van der Waals surface area (Å²) >= 11 is 0. The molecule has 0 aromatic heterocycles. The number of nitrogens with one attached hydrogen (secondary N) is 1. The number of amides is 2. The van der Waals surface area contributed by atoms with Gasteiger partial charge in [-0.1, -0.05) is 25.0 Å². The van der Waals surface area contributed by atoms with Crippen LogP contribution < -0.4 is 10.1 Å². The van der Waals surface area contributed by atoms with Crippen LogP contribution in [0.4, 0.5) is 0 Å². The highest BCUT2D eigenvalue weighted by molar-refractivity contribution is 5.83. The number of methoxy groups -OCH3 is 1. The predicted molar refractivity (Wildman–Crippen MR) is 89.4 cm³/mol. The molecule has 1 aromatic rings. The van der Waals surface area contributed by atoms with Crippen molar-refractivity contribution < 1.29 is 14.3 Å². The van der Waals surface area contributed by atoms with E-state index in [1.165, 1.54) is 19.8 Å². The number of benzene rings is 1. The molecule has 1 aliphatic carbocycles. The maximum Gasteiger partial charge on any atom is 0.239 e. The molecule has 0 radical (unpaired) electrons. The standard InChI is InChI=1S/C18H26N2O3/c1-14(21)20(13-18(22)19-16-7-3-4-8-16)11-10-15-6-5-9-17(12-15)23-2/h5-6,9,12,16H,3-4,7-8,10-11,13H2,1-2H3,(H,19,22). The minimum atomic E-state index is -0.0746. The summed E-state index contributed by atoms with van der Waals surface area (Å²) < 4.78 is 5.20. The lowest BCUT2D eigenvalue weighted by Gasteiger charge is -2.22. The van der Waals surface area contributed by atoms with Crippen molar-refractivity contribution in [2.45, 2.75) is 45.1 Å². The average Bonchev–Trinajstić information content (AvgIpc) is 3.04. The average molecular weight is 318 g/mol. The van der Waals surface area contributed by atoms with Crippen LogP contribution in [0.1, 0.15) is 38.2 Å². The molecule has 0 atom stereocenters. The maximum absolute atomic E-state index is 12.1. The number of hydrogen-bond donors (Lipinski definition) is 1. The van der Waals surface area contributed by atoms with Crippen molar-refractivity contribution in [2.75, 3.05) is 20.2 Å². The highest BCUT2D eigenvalue weighted by Crippen LogP contribution is 2.17. The van der Waals surface area contributed by atoms with E-state index < -0.39 is 0 Å². The molecule has 1 fully saturated rings. The third-order valence-electron chi connectivity index (χ3n) is 4.30. The minimum absolute atomic E-state index is 0.0576. The van der Waals surface area contributed by atoms with E-state index in [1.807, 2.05) is 24.3 Å². The predicted octanol–water partition coefficient (Wildman–Crippen LogP) is 2.14. The molecule has 1 aromatic carbocycles. The van der Waals surface area contributed by atoms with Crippen LogP contribution in [-0.4, -0.2) is 43.0 Å². The largest absolute Gasteiger partial charge is 0.497 e. The zero-order chi connectivity index (χ0) is 16.7. The highest BCUT2D eigenvalue weighted by atomic mass is 16.5. The van der Waals surface area contributed by atoms with Crippen LogP contribution in [0.3, 0.4) is 0 Å². The number of nitrogens with zero attached hydrogens (tertiary/aromatic N) is 1. The summed E-state index contributed by atoms with van der Waals surface area (Å²) in [5, 5.41) is 3.03. The fourth-order valence-corrected chi connectivity index (χ4v) is 2.96. The monoisotopic (exact) mass is 318 g/mol. The van der Waals surface area contributed by atoms with Gasteiger partial charge in [0.2, 0.25) is 11.8 Å². The van der Waals surface area contributed by atoms with Gasteiger partial charge >= 0.3 is 0 Å². The molecular weight excluding hydrogens is 292 g/mol. The zero-order valence-corrected chi connectivity index (χ0v) is 14.0. The Kier molecular flexibility index (Phi) is 6.44. The van der Waals surface area contributed by atoms with Crippen molar-refractivity contribution in [3.05, 3.63) is 29.8 Å². The highest BCUT2D eigenvalue weighted by Gasteiger charge is 2.19. The first kappa shape index (κ1) is 17.3. The van der Waals surface area contributed by atoms with Gasteiger partial charge in [-0.25, -0.2) is 0 Å².